The fourth-order valence-corrected chi connectivity index (χ4v) is 6.87. The van der Waals surface area contributed by atoms with Crippen molar-refractivity contribution in [1.29, 1.82) is 0 Å². The van der Waals surface area contributed by atoms with Crippen LogP contribution in [0.5, 0.6) is 23.0 Å². The Hall–Kier alpha value is -5.08. The summed E-state index contributed by atoms with van der Waals surface area (Å²) in [6, 6.07) is 50.4. The van der Waals surface area contributed by atoms with Gasteiger partial charge in [-0.05, 0) is 120 Å². The minimum atomic E-state index is 0.147. The van der Waals surface area contributed by atoms with Crippen molar-refractivity contribution >= 4 is 0 Å². The maximum Gasteiger partial charge on any atom is 0.127 e. The molecule has 0 saturated carbocycles. The van der Waals surface area contributed by atoms with Gasteiger partial charge in [0.2, 0.25) is 0 Å². The lowest BCUT2D eigenvalue weighted by Gasteiger charge is -2.28. The molecule has 6 aromatic carbocycles. The van der Waals surface area contributed by atoms with E-state index in [4.69, 9.17) is 9.47 Å². The Kier molecular flexibility index (Phi) is 11.1. The number of fused-ring (bicyclic) bond motifs is 1. The van der Waals surface area contributed by atoms with Crippen LogP contribution in [0.4, 0.5) is 0 Å². The summed E-state index contributed by atoms with van der Waals surface area (Å²) in [5.74, 6) is 3.36. The lowest BCUT2D eigenvalue weighted by molar-refractivity contribution is 0.425. The molecule has 7 rings (SSSR count). The molecule has 0 radical (unpaired) electrons. The normalized spacial score (nSPS) is 15.5. The molecule has 0 aliphatic heterocycles. The van der Waals surface area contributed by atoms with E-state index in [1.807, 2.05) is 74.5 Å². The van der Waals surface area contributed by atoms with Crippen molar-refractivity contribution in [2.24, 2.45) is 0 Å². The molecule has 0 spiro atoms. The molecule has 2 nitrogen and oxygen atoms in total. The van der Waals surface area contributed by atoms with Crippen LogP contribution in [0.1, 0.15) is 74.4 Å². The monoisotopic (exact) mass is 646 g/mol. The van der Waals surface area contributed by atoms with Crippen LogP contribution < -0.4 is 9.47 Å². The van der Waals surface area contributed by atoms with Gasteiger partial charge in [-0.1, -0.05) is 137 Å². The van der Waals surface area contributed by atoms with Gasteiger partial charge in [0.25, 0.3) is 0 Å². The highest BCUT2D eigenvalue weighted by molar-refractivity contribution is 5.65. The van der Waals surface area contributed by atoms with E-state index in [1.165, 1.54) is 39.8 Å². The number of ether oxygens (including phenoxy) is 2. The molecule has 0 fully saturated rings. The second kappa shape index (κ2) is 15.4. The van der Waals surface area contributed by atoms with E-state index in [0.29, 0.717) is 0 Å². The van der Waals surface area contributed by atoms with E-state index in [2.05, 4.69) is 126 Å². The predicted octanol–water partition coefficient (Wildman–Crippen LogP) is 13.6. The van der Waals surface area contributed by atoms with E-state index >= 15 is 0 Å². The molecule has 0 heterocycles. The molecule has 6 aromatic rings. The maximum absolute atomic E-state index is 5.93. The third kappa shape index (κ3) is 8.51. The smallest absolute Gasteiger partial charge is 0.127 e. The summed E-state index contributed by atoms with van der Waals surface area (Å²) in [7, 11) is 0. The number of hydrogen-bond acceptors (Lipinski definition) is 2. The standard InChI is InChI=1S/C26H22O2.C19H22.C2H6/c1-19-5-3-7-25(17-19)27-23-13-9-21(10-14-23)22-11-15-24(16-12-22)28-26-8-4-6-20(2)18-26;1-14-9-11-15(12-10-14)19(4)13-18(2,3)16-7-5-6-8-17(16)19;1-2/h3-18H,1-2H3;5-12H,13H2,1-4H3;1-2H3. The molecule has 0 N–H and O–H groups in total. The fourth-order valence-electron chi connectivity index (χ4n) is 6.87. The van der Waals surface area contributed by atoms with Crippen LogP contribution in [-0.4, -0.2) is 0 Å². The number of rotatable bonds is 6. The summed E-state index contributed by atoms with van der Waals surface area (Å²) in [5, 5.41) is 0. The van der Waals surface area contributed by atoms with Gasteiger partial charge in [0.15, 0.2) is 0 Å². The SMILES string of the molecule is CC.Cc1ccc(C2(C)CC(C)(C)c3ccccc32)cc1.Cc1cccc(Oc2ccc(-c3ccc(Oc4cccc(C)c4)cc3)cc2)c1. The van der Waals surface area contributed by atoms with Crippen molar-refractivity contribution in [3.05, 3.63) is 179 Å². The number of aryl methyl sites for hydroxylation is 3. The Morgan fingerprint density at radius 3 is 1.33 bits per heavy atom. The molecule has 49 heavy (non-hydrogen) atoms. The fraction of sp³-hybridized carbons (Fsp3) is 0.234. The lowest BCUT2D eigenvalue weighted by Crippen LogP contribution is -2.23. The van der Waals surface area contributed by atoms with Crippen LogP contribution >= 0.6 is 0 Å². The highest BCUT2D eigenvalue weighted by Gasteiger charge is 2.45. The molecule has 2 heteroatoms. The van der Waals surface area contributed by atoms with Crippen LogP contribution in [0.25, 0.3) is 11.1 Å². The van der Waals surface area contributed by atoms with Gasteiger partial charge in [0.05, 0.1) is 0 Å². The largest absolute Gasteiger partial charge is 0.457 e. The molecule has 1 atom stereocenters. The highest BCUT2D eigenvalue weighted by atomic mass is 16.5. The number of benzene rings is 6. The van der Waals surface area contributed by atoms with Crippen molar-refractivity contribution in [3.63, 3.8) is 0 Å². The maximum atomic E-state index is 5.93. The molecule has 0 amide bonds. The van der Waals surface area contributed by atoms with Crippen LogP contribution in [0.3, 0.4) is 0 Å². The first-order chi connectivity index (χ1) is 23.6. The lowest BCUT2D eigenvalue weighted by atomic mass is 9.75. The van der Waals surface area contributed by atoms with E-state index in [1.54, 1.807) is 0 Å². The van der Waals surface area contributed by atoms with Gasteiger partial charge in [-0.3, -0.25) is 0 Å². The minimum Gasteiger partial charge on any atom is -0.457 e. The van der Waals surface area contributed by atoms with Crippen LogP contribution in [0.2, 0.25) is 0 Å². The first-order valence-corrected chi connectivity index (χ1v) is 17.5. The van der Waals surface area contributed by atoms with Gasteiger partial charge in [0.1, 0.15) is 23.0 Å². The molecular weight excluding hydrogens is 597 g/mol. The predicted molar refractivity (Wildman–Crippen MR) is 207 cm³/mol. The van der Waals surface area contributed by atoms with Crippen molar-refractivity contribution in [1.82, 2.24) is 0 Å². The average molecular weight is 647 g/mol. The molecule has 1 unspecified atom stereocenters. The van der Waals surface area contributed by atoms with Gasteiger partial charge in [-0.25, -0.2) is 0 Å². The van der Waals surface area contributed by atoms with Crippen LogP contribution in [0.15, 0.2) is 146 Å². The molecule has 0 aromatic heterocycles. The molecule has 0 bridgehead atoms. The highest BCUT2D eigenvalue weighted by Crippen LogP contribution is 2.52. The zero-order valence-corrected chi connectivity index (χ0v) is 30.4. The zero-order valence-electron chi connectivity index (χ0n) is 30.4. The molecule has 1 aliphatic rings. The van der Waals surface area contributed by atoms with Crippen molar-refractivity contribution in [2.75, 3.05) is 0 Å². The van der Waals surface area contributed by atoms with Gasteiger partial charge >= 0.3 is 0 Å². The summed E-state index contributed by atoms with van der Waals surface area (Å²) >= 11 is 0. The second-order valence-corrected chi connectivity index (χ2v) is 13.7. The Balaban J connectivity index is 0.000000194. The first-order valence-electron chi connectivity index (χ1n) is 17.5. The third-order valence-corrected chi connectivity index (χ3v) is 9.23. The summed E-state index contributed by atoms with van der Waals surface area (Å²) in [6.45, 7) is 17.4. The van der Waals surface area contributed by atoms with Crippen LogP contribution in [0, 0.1) is 20.8 Å². The Morgan fingerprint density at radius 2 is 0.878 bits per heavy atom. The van der Waals surface area contributed by atoms with E-state index in [9.17, 15) is 0 Å². The van der Waals surface area contributed by atoms with Gasteiger partial charge < -0.3 is 9.47 Å². The molecular formula is C47H50O2. The summed E-state index contributed by atoms with van der Waals surface area (Å²) in [5.41, 5.74) is 10.8. The van der Waals surface area contributed by atoms with E-state index in [0.717, 1.165) is 34.1 Å². The molecule has 0 saturated heterocycles. The van der Waals surface area contributed by atoms with Gasteiger partial charge in [-0.15, -0.1) is 0 Å². The summed E-state index contributed by atoms with van der Waals surface area (Å²) < 4.78 is 11.9. The van der Waals surface area contributed by atoms with E-state index in [-0.39, 0.29) is 10.8 Å². The Labute approximate surface area is 294 Å². The van der Waals surface area contributed by atoms with Gasteiger partial charge in [-0.2, -0.15) is 0 Å². The average Bonchev–Trinajstić information content (AvgIpc) is 3.32. The second-order valence-electron chi connectivity index (χ2n) is 13.7. The number of hydrogen-bond donors (Lipinski definition) is 0. The molecule has 1 aliphatic carbocycles. The van der Waals surface area contributed by atoms with Crippen molar-refractivity contribution in [3.8, 4) is 34.1 Å². The Bertz CT molecular complexity index is 1860. The summed E-state index contributed by atoms with van der Waals surface area (Å²) in [4.78, 5) is 0. The summed E-state index contributed by atoms with van der Waals surface area (Å²) in [6.07, 6.45) is 1.18. The molecule has 250 valence electrons. The van der Waals surface area contributed by atoms with E-state index < -0.39 is 0 Å². The van der Waals surface area contributed by atoms with Crippen LogP contribution in [-0.2, 0) is 10.8 Å². The third-order valence-electron chi connectivity index (χ3n) is 9.23. The zero-order chi connectivity index (χ0) is 35.0. The minimum absolute atomic E-state index is 0.147. The van der Waals surface area contributed by atoms with Crippen molar-refractivity contribution in [2.45, 2.75) is 72.6 Å². The van der Waals surface area contributed by atoms with Crippen molar-refractivity contribution < 1.29 is 9.47 Å². The van der Waals surface area contributed by atoms with Gasteiger partial charge in [0, 0.05) is 5.41 Å². The topological polar surface area (TPSA) is 18.5 Å². The quantitative estimate of drug-likeness (QED) is 0.179. The first kappa shape index (κ1) is 35.2. The Morgan fingerprint density at radius 1 is 0.429 bits per heavy atom.